The maximum Gasteiger partial charge on any atom is 0.308 e. The van der Waals surface area contributed by atoms with Gasteiger partial charge in [0.25, 0.3) is 5.91 Å². The molecule has 1 saturated heterocycles. The number of carbonyl (C=O) groups is 3. The Morgan fingerprint density at radius 3 is 2.61 bits per heavy atom. The Labute approximate surface area is 140 Å². The average Bonchev–Trinajstić information content (AvgIpc) is 3.07. The zero-order chi connectivity index (χ0) is 17.1. The highest BCUT2D eigenvalue weighted by atomic mass is 32.2. The summed E-state index contributed by atoms with van der Waals surface area (Å²) in [6.45, 7) is 4.61. The van der Waals surface area contributed by atoms with Crippen molar-refractivity contribution in [2.75, 3.05) is 19.4 Å². The summed E-state index contributed by atoms with van der Waals surface area (Å²) < 4.78 is 5.59. The van der Waals surface area contributed by atoms with Crippen molar-refractivity contribution in [3.63, 3.8) is 0 Å². The second-order valence-corrected chi connectivity index (χ2v) is 7.08. The molecule has 0 spiro atoms. The Morgan fingerprint density at radius 1 is 1.43 bits per heavy atom. The zero-order valence-corrected chi connectivity index (χ0v) is 14.5. The fourth-order valence-electron chi connectivity index (χ4n) is 3.03. The largest absolute Gasteiger partial charge is 0.481 e. The van der Waals surface area contributed by atoms with Crippen molar-refractivity contribution in [3.8, 4) is 0 Å². The fourth-order valence-corrected chi connectivity index (χ4v) is 3.97. The Morgan fingerprint density at radius 2 is 2.13 bits per heavy atom. The fraction of sp³-hybridized carbons (Fsp3) is 0.688. The van der Waals surface area contributed by atoms with Crippen LogP contribution < -0.4 is 0 Å². The van der Waals surface area contributed by atoms with Gasteiger partial charge in [0.1, 0.15) is 5.37 Å². The highest BCUT2D eigenvalue weighted by molar-refractivity contribution is 7.99. The molecule has 2 aliphatic heterocycles. The van der Waals surface area contributed by atoms with Crippen LogP contribution in [0.15, 0.2) is 11.1 Å². The number of carboxylic acids is 1. The summed E-state index contributed by atoms with van der Waals surface area (Å²) in [6.07, 6.45) is 3.23. The minimum atomic E-state index is -1.10. The number of hydrogen-bond donors (Lipinski definition) is 1. The van der Waals surface area contributed by atoms with Gasteiger partial charge < -0.3 is 14.7 Å². The van der Waals surface area contributed by atoms with Crippen molar-refractivity contribution in [3.05, 3.63) is 11.1 Å². The van der Waals surface area contributed by atoms with E-state index < -0.39 is 17.8 Å². The van der Waals surface area contributed by atoms with Crippen LogP contribution in [0.5, 0.6) is 0 Å². The van der Waals surface area contributed by atoms with Gasteiger partial charge in [-0.05, 0) is 19.1 Å². The molecule has 1 amide bonds. The van der Waals surface area contributed by atoms with Crippen molar-refractivity contribution in [1.82, 2.24) is 4.90 Å². The summed E-state index contributed by atoms with van der Waals surface area (Å²) in [5.74, 6) is -1.87. The number of amides is 1. The molecule has 23 heavy (non-hydrogen) atoms. The lowest BCUT2D eigenvalue weighted by molar-refractivity contribution is -0.137. The molecule has 2 heterocycles. The van der Waals surface area contributed by atoms with E-state index in [-0.39, 0.29) is 29.3 Å². The van der Waals surface area contributed by atoms with Crippen LogP contribution in [0.4, 0.5) is 0 Å². The van der Waals surface area contributed by atoms with Gasteiger partial charge in [0.05, 0.1) is 12.5 Å². The molecule has 6 nitrogen and oxygen atoms in total. The Hall–Kier alpha value is -1.34. The summed E-state index contributed by atoms with van der Waals surface area (Å²) >= 11 is 1.39. The molecule has 2 rings (SSSR count). The number of carboxylic acid groups (broad SMARTS) is 1. The van der Waals surface area contributed by atoms with Crippen molar-refractivity contribution in [2.45, 2.75) is 44.6 Å². The molecule has 0 saturated carbocycles. The lowest BCUT2D eigenvalue weighted by Crippen LogP contribution is -2.40. The number of nitrogens with zero attached hydrogens (tertiary/aromatic N) is 1. The molecule has 1 fully saturated rings. The van der Waals surface area contributed by atoms with Gasteiger partial charge in [-0.15, -0.1) is 11.8 Å². The van der Waals surface area contributed by atoms with Gasteiger partial charge in [-0.25, -0.2) is 0 Å². The van der Waals surface area contributed by atoms with E-state index in [0.717, 1.165) is 12.8 Å². The summed E-state index contributed by atoms with van der Waals surface area (Å²) in [7, 11) is 0. The van der Waals surface area contributed by atoms with Crippen molar-refractivity contribution >= 4 is 29.4 Å². The molecule has 0 aromatic rings. The SMILES string of the molecule is CS[C@@H]1C(C(=O)C(C)C)=C(CC(=O)O)C(=O)N1C[C@@H]1CCCO1. The van der Waals surface area contributed by atoms with Crippen molar-refractivity contribution in [2.24, 2.45) is 5.92 Å². The summed E-state index contributed by atoms with van der Waals surface area (Å²) in [5.41, 5.74) is 0.492. The van der Waals surface area contributed by atoms with Crippen LogP contribution in [-0.4, -0.2) is 58.6 Å². The second kappa shape index (κ2) is 7.49. The third kappa shape index (κ3) is 3.77. The molecule has 7 heteroatoms. The molecule has 0 radical (unpaired) electrons. The van der Waals surface area contributed by atoms with Crippen LogP contribution in [0.25, 0.3) is 0 Å². The molecule has 0 unspecified atom stereocenters. The molecule has 1 N–H and O–H groups in total. The average molecular weight is 341 g/mol. The summed E-state index contributed by atoms with van der Waals surface area (Å²) in [4.78, 5) is 38.0. The summed E-state index contributed by atoms with van der Waals surface area (Å²) in [5, 5.41) is 8.69. The molecular formula is C16H23NO5S. The monoisotopic (exact) mass is 341 g/mol. The van der Waals surface area contributed by atoms with Gasteiger partial charge in [-0.1, -0.05) is 13.8 Å². The van der Waals surface area contributed by atoms with Crippen LogP contribution in [0, 0.1) is 5.92 Å². The lowest BCUT2D eigenvalue weighted by Gasteiger charge is -2.28. The first-order valence-corrected chi connectivity index (χ1v) is 9.10. The molecule has 2 aliphatic rings. The first-order valence-electron chi connectivity index (χ1n) is 7.81. The number of ether oxygens (including phenoxy) is 1. The number of thioether (sulfide) groups is 1. The second-order valence-electron chi connectivity index (χ2n) is 6.16. The minimum absolute atomic E-state index is 0.0341. The molecule has 0 aromatic heterocycles. The third-order valence-corrected chi connectivity index (χ3v) is 5.08. The van der Waals surface area contributed by atoms with E-state index in [1.54, 1.807) is 18.7 Å². The van der Waals surface area contributed by atoms with Gasteiger partial charge in [0, 0.05) is 30.2 Å². The van der Waals surface area contributed by atoms with Crippen LogP contribution in [0.2, 0.25) is 0 Å². The third-order valence-electron chi connectivity index (χ3n) is 4.14. The Kier molecular flexibility index (Phi) is 5.86. The normalized spacial score (nSPS) is 24.9. The van der Waals surface area contributed by atoms with E-state index in [0.29, 0.717) is 18.7 Å². The quantitative estimate of drug-likeness (QED) is 0.759. The summed E-state index contributed by atoms with van der Waals surface area (Å²) in [6, 6.07) is 0. The number of aliphatic carboxylic acids is 1. The van der Waals surface area contributed by atoms with Crippen LogP contribution in [0.1, 0.15) is 33.1 Å². The number of ketones is 1. The van der Waals surface area contributed by atoms with E-state index in [9.17, 15) is 14.4 Å². The van der Waals surface area contributed by atoms with E-state index in [4.69, 9.17) is 9.84 Å². The predicted octanol–water partition coefficient (Wildman–Crippen LogP) is 1.69. The lowest BCUT2D eigenvalue weighted by atomic mass is 9.96. The van der Waals surface area contributed by atoms with E-state index in [2.05, 4.69) is 0 Å². The van der Waals surface area contributed by atoms with Gasteiger partial charge in [-0.3, -0.25) is 14.4 Å². The minimum Gasteiger partial charge on any atom is -0.481 e. The standard InChI is InChI=1S/C16H23NO5S/c1-9(2)14(20)13-11(7-12(18)19)15(21)17(16(13)23-3)8-10-5-4-6-22-10/h9-10,16H,4-8H2,1-3H3,(H,18,19)/t10-,16+/m0/s1. The molecule has 2 atom stereocenters. The molecule has 0 aromatic carbocycles. The number of carbonyl (C=O) groups excluding carboxylic acids is 2. The van der Waals surface area contributed by atoms with Gasteiger partial charge >= 0.3 is 5.97 Å². The first-order chi connectivity index (χ1) is 10.9. The van der Waals surface area contributed by atoms with Crippen molar-refractivity contribution in [1.29, 1.82) is 0 Å². The van der Waals surface area contributed by atoms with Gasteiger partial charge in [0.15, 0.2) is 5.78 Å². The maximum atomic E-state index is 12.7. The Bertz CT molecular complexity index is 537. The van der Waals surface area contributed by atoms with Crippen LogP contribution in [-0.2, 0) is 19.1 Å². The number of hydrogen-bond acceptors (Lipinski definition) is 5. The molecular weight excluding hydrogens is 318 g/mol. The maximum absolute atomic E-state index is 12.7. The topological polar surface area (TPSA) is 83.9 Å². The van der Waals surface area contributed by atoms with E-state index >= 15 is 0 Å². The molecule has 128 valence electrons. The molecule has 0 aliphatic carbocycles. The highest BCUT2D eigenvalue weighted by Gasteiger charge is 2.43. The zero-order valence-electron chi connectivity index (χ0n) is 13.7. The number of rotatable bonds is 7. The van der Waals surface area contributed by atoms with Gasteiger partial charge in [-0.2, -0.15) is 0 Å². The first kappa shape index (κ1) is 18.0. The van der Waals surface area contributed by atoms with Crippen LogP contribution >= 0.6 is 11.8 Å². The van der Waals surface area contributed by atoms with Gasteiger partial charge in [0.2, 0.25) is 0 Å². The van der Waals surface area contributed by atoms with E-state index in [1.807, 2.05) is 6.26 Å². The van der Waals surface area contributed by atoms with Crippen molar-refractivity contribution < 1.29 is 24.2 Å². The number of Topliss-reactive ketones (excluding diaryl/α,β-unsaturated/α-hetero) is 1. The smallest absolute Gasteiger partial charge is 0.308 e. The Balaban J connectivity index is 2.33. The molecule has 0 bridgehead atoms. The predicted molar refractivity (Wildman–Crippen MR) is 87.1 cm³/mol. The van der Waals surface area contributed by atoms with Crippen LogP contribution in [0.3, 0.4) is 0 Å². The highest BCUT2D eigenvalue weighted by Crippen LogP contribution is 2.36. The van der Waals surface area contributed by atoms with E-state index in [1.165, 1.54) is 11.8 Å².